The average Bonchev–Trinajstić information content (AvgIpc) is 2.46. The summed E-state index contributed by atoms with van der Waals surface area (Å²) in [6.45, 7) is 0.494. The van der Waals surface area contributed by atoms with Crippen molar-refractivity contribution in [2.75, 3.05) is 12.3 Å². The van der Waals surface area contributed by atoms with Crippen molar-refractivity contribution < 1.29 is 4.79 Å². The highest BCUT2D eigenvalue weighted by atomic mass is 35.5. The van der Waals surface area contributed by atoms with Gasteiger partial charge in [-0.3, -0.25) is 9.78 Å². The normalized spacial score (nSPS) is 10.4. The Morgan fingerprint density at radius 2 is 1.95 bits per heavy atom. The lowest BCUT2D eigenvalue weighted by molar-refractivity contribution is 0.0956. The molecule has 0 saturated heterocycles. The number of benzene rings is 1. The van der Waals surface area contributed by atoms with E-state index in [1.807, 2.05) is 0 Å². The van der Waals surface area contributed by atoms with Crippen LogP contribution in [0, 0.1) is 0 Å². The van der Waals surface area contributed by atoms with E-state index >= 15 is 0 Å². The Morgan fingerprint density at radius 3 is 2.57 bits per heavy atom. The van der Waals surface area contributed by atoms with Gasteiger partial charge >= 0.3 is 0 Å². The molecule has 1 amide bonds. The second kappa shape index (κ2) is 7.90. The molecule has 2 aromatic rings. The van der Waals surface area contributed by atoms with Crippen LogP contribution in [0.4, 0.5) is 0 Å². The topological polar surface area (TPSA) is 42.0 Å². The first-order chi connectivity index (χ1) is 10.1. The van der Waals surface area contributed by atoms with Crippen LogP contribution in [0.5, 0.6) is 0 Å². The fourth-order valence-corrected chi connectivity index (χ4v) is 3.53. The van der Waals surface area contributed by atoms with Crippen LogP contribution in [0.25, 0.3) is 0 Å². The van der Waals surface area contributed by atoms with Crippen LogP contribution >= 0.6 is 46.6 Å². The predicted octanol–water partition coefficient (Wildman–Crippen LogP) is 4.56. The van der Waals surface area contributed by atoms with E-state index in [0.717, 1.165) is 4.90 Å². The molecule has 0 unspecified atom stereocenters. The van der Waals surface area contributed by atoms with Crippen molar-refractivity contribution in [1.82, 2.24) is 10.3 Å². The van der Waals surface area contributed by atoms with Gasteiger partial charge in [0.2, 0.25) is 0 Å². The molecule has 1 aromatic carbocycles. The Balaban J connectivity index is 1.84. The number of halogens is 3. The van der Waals surface area contributed by atoms with Crippen LogP contribution < -0.4 is 5.32 Å². The van der Waals surface area contributed by atoms with Gasteiger partial charge in [0.25, 0.3) is 5.91 Å². The summed E-state index contributed by atoms with van der Waals surface area (Å²) in [5, 5.41) is 4.33. The van der Waals surface area contributed by atoms with E-state index in [4.69, 9.17) is 34.8 Å². The number of carbonyl (C=O) groups is 1. The van der Waals surface area contributed by atoms with Crippen LogP contribution in [0.15, 0.2) is 41.6 Å². The van der Waals surface area contributed by atoms with E-state index in [9.17, 15) is 4.79 Å². The summed E-state index contributed by atoms with van der Waals surface area (Å²) in [6, 6.07) is 6.72. The fraction of sp³-hybridized carbons (Fsp3) is 0.143. The largest absolute Gasteiger partial charge is 0.351 e. The second-order valence-corrected chi connectivity index (χ2v) is 6.40. The third-order valence-corrected chi connectivity index (χ3v) is 4.70. The Labute approximate surface area is 142 Å². The van der Waals surface area contributed by atoms with Crippen molar-refractivity contribution in [3.8, 4) is 0 Å². The van der Waals surface area contributed by atoms with E-state index in [-0.39, 0.29) is 5.91 Å². The highest BCUT2D eigenvalue weighted by Gasteiger charge is 2.09. The molecule has 0 aliphatic heterocycles. The maximum absolute atomic E-state index is 11.8. The summed E-state index contributed by atoms with van der Waals surface area (Å²) in [6.07, 6.45) is 3.15. The second-order valence-electron chi connectivity index (χ2n) is 4.04. The maximum atomic E-state index is 11.8. The first-order valence-corrected chi connectivity index (χ1v) is 8.15. The molecular formula is C14H11Cl3N2OS. The number of aromatic nitrogens is 1. The monoisotopic (exact) mass is 360 g/mol. The maximum Gasteiger partial charge on any atom is 0.252 e. The molecule has 1 aromatic heterocycles. The summed E-state index contributed by atoms with van der Waals surface area (Å²) < 4.78 is 0. The number of hydrogen-bond acceptors (Lipinski definition) is 3. The average molecular weight is 362 g/mol. The van der Waals surface area contributed by atoms with Crippen LogP contribution in [0.3, 0.4) is 0 Å². The Hall–Kier alpha value is -0.940. The molecule has 0 aliphatic rings. The van der Waals surface area contributed by atoms with E-state index in [1.54, 1.807) is 30.5 Å². The number of thioether (sulfide) groups is 1. The third kappa shape index (κ3) is 4.78. The minimum atomic E-state index is -0.156. The SMILES string of the molecule is O=C(NCCSc1c(Cl)cc(Cl)cc1Cl)c1cccnc1. The van der Waals surface area contributed by atoms with Gasteiger partial charge in [0.15, 0.2) is 0 Å². The molecule has 0 fully saturated rings. The molecule has 0 saturated carbocycles. The van der Waals surface area contributed by atoms with Gasteiger partial charge in [-0.25, -0.2) is 0 Å². The van der Waals surface area contributed by atoms with Crippen molar-refractivity contribution in [2.45, 2.75) is 4.90 Å². The highest BCUT2D eigenvalue weighted by Crippen LogP contribution is 2.36. The number of hydrogen-bond donors (Lipinski definition) is 1. The summed E-state index contributed by atoms with van der Waals surface area (Å²) in [7, 11) is 0. The van der Waals surface area contributed by atoms with Crippen LogP contribution in [-0.2, 0) is 0 Å². The van der Waals surface area contributed by atoms with E-state index in [2.05, 4.69) is 10.3 Å². The minimum Gasteiger partial charge on any atom is -0.351 e. The molecule has 0 atom stereocenters. The van der Waals surface area contributed by atoms with E-state index in [0.29, 0.717) is 32.9 Å². The van der Waals surface area contributed by atoms with Crippen molar-refractivity contribution in [3.05, 3.63) is 57.3 Å². The molecule has 0 aliphatic carbocycles. The zero-order chi connectivity index (χ0) is 15.2. The third-order valence-electron chi connectivity index (χ3n) is 2.52. The van der Waals surface area contributed by atoms with E-state index in [1.165, 1.54) is 18.0 Å². The van der Waals surface area contributed by atoms with Crippen molar-refractivity contribution >= 4 is 52.5 Å². The Morgan fingerprint density at radius 1 is 1.24 bits per heavy atom. The van der Waals surface area contributed by atoms with Crippen LogP contribution in [0.2, 0.25) is 15.1 Å². The van der Waals surface area contributed by atoms with Gasteiger partial charge in [0.1, 0.15) is 0 Å². The number of nitrogens with one attached hydrogen (secondary N) is 1. The van der Waals surface area contributed by atoms with Gasteiger partial charge in [-0.2, -0.15) is 0 Å². The lowest BCUT2D eigenvalue weighted by Crippen LogP contribution is -2.25. The lowest BCUT2D eigenvalue weighted by atomic mass is 10.3. The number of rotatable bonds is 5. The molecule has 7 heteroatoms. The number of pyridine rings is 1. The molecule has 3 nitrogen and oxygen atoms in total. The molecule has 2 rings (SSSR count). The fourth-order valence-electron chi connectivity index (χ4n) is 1.58. The van der Waals surface area contributed by atoms with Crippen molar-refractivity contribution in [2.24, 2.45) is 0 Å². The predicted molar refractivity (Wildman–Crippen MR) is 88.8 cm³/mol. The molecule has 0 radical (unpaired) electrons. The van der Waals surface area contributed by atoms with Gasteiger partial charge in [-0.05, 0) is 24.3 Å². The van der Waals surface area contributed by atoms with Crippen LogP contribution in [0.1, 0.15) is 10.4 Å². The zero-order valence-electron chi connectivity index (χ0n) is 10.8. The Bertz CT molecular complexity index is 614. The van der Waals surface area contributed by atoms with Gasteiger partial charge in [-0.1, -0.05) is 34.8 Å². The standard InChI is InChI=1S/C14H11Cl3N2OS/c15-10-6-11(16)13(12(17)7-10)21-5-4-19-14(20)9-2-1-3-18-8-9/h1-3,6-8H,4-5H2,(H,19,20). The van der Waals surface area contributed by atoms with Gasteiger partial charge in [0.05, 0.1) is 15.6 Å². The summed E-state index contributed by atoms with van der Waals surface area (Å²) in [5.41, 5.74) is 0.532. The molecule has 0 bridgehead atoms. The van der Waals surface area contributed by atoms with Gasteiger partial charge < -0.3 is 5.32 Å². The lowest BCUT2D eigenvalue weighted by Gasteiger charge is -2.08. The molecule has 0 spiro atoms. The smallest absolute Gasteiger partial charge is 0.252 e. The highest BCUT2D eigenvalue weighted by molar-refractivity contribution is 7.99. The molecular weight excluding hydrogens is 351 g/mol. The van der Waals surface area contributed by atoms with Crippen molar-refractivity contribution in [3.63, 3.8) is 0 Å². The molecule has 21 heavy (non-hydrogen) atoms. The summed E-state index contributed by atoms with van der Waals surface area (Å²) >= 11 is 19.5. The molecule has 110 valence electrons. The quantitative estimate of drug-likeness (QED) is 0.627. The van der Waals surface area contributed by atoms with E-state index < -0.39 is 0 Å². The molecule has 1 heterocycles. The van der Waals surface area contributed by atoms with Gasteiger partial charge in [-0.15, -0.1) is 11.8 Å². The first-order valence-electron chi connectivity index (χ1n) is 6.03. The van der Waals surface area contributed by atoms with Gasteiger partial charge in [0, 0.05) is 34.6 Å². The minimum absolute atomic E-state index is 0.156. The summed E-state index contributed by atoms with van der Waals surface area (Å²) in [5.74, 6) is 0.490. The number of amides is 1. The first kappa shape index (κ1) is 16.4. The van der Waals surface area contributed by atoms with Crippen LogP contribution in [-0.4, -0.2) is 23.2 Å². The summed E-state index contributed by atoms with van der Waals surface area (Å²) in [4.78, 5) is 16.5. The molecule has 1 N–H and O–H groups in total. The zero-order valence-corrected chi connectivity index (χ0v) is 13.9. The number of carbonyl (C=O) groups excluding carboxylic acids is 1. The Kier molecular flexibility index (Phi) is 6.18. The van der Waals surface area contributed by atoms with Crippen molar-refractivity contribution in [1.29, 1.82) is 0 Å². The number of nitrogens with zero attached hydrogens (tertiary/aromatic N) is 1.